The van der Waals surface area contributed by atoms with Gasteiger partial charge in [-0.1, -0.05) is 0 Å². The normalized spacial score (nSPS) is 18.6. The summed E-state index contributed by atoms with van der Waals surface area (Å²) in [5, 5.41) is 12.6. The van der Waals surface area contributed by atoms with Gasteiger partial charge in [0.25, 0.3) is 5.56 Å². The zero-order valence-electron chi connectivity index (χ0n) is 12.7. The van der Waals surface area contributed by atoms with Gasteiger partial charge in [0.15, 0.2) is 0 Å². The van der Waals surface area contributed by atoms with Crippen molar-refractivity contribution < 1.29 is 5.11 Å². The average molecular weight is 296 g/mol. The third-order valence-electron chi connectivity index (χ3n) is 4.07. The Morgan fingerprint density at radius 3 is 2.76 bits per heavy atom. The van der Waals surface area contributed by atoms with Crippen molar-refractivity contribution in [3.8, 4) is 0 Å². The number of nitrogens with one attached hydrogen (secondary N) is 1. The number of aliphatic hydroxyl groups is 1. The van der Waals surface area contributed by atoms with Crippen LogP contribution >= 0.6 is 0 Å². The van der Waals surface area contributed by atoms with E-state index in [9.17, 15) is 14.7 Å². The minimum absolute atomic E-state index is 0.0610. The van der Waals surface area contributed by atoms with Gasteiger partial charge in [-0.25, -0.2) is 4.79 Å². The van der Waals surface area contributed by atoms with E-state index in [1.54, 1.807) is 7.05 Å². The van der Waals surface area contributed by atoms with Crippen LogP contribution in [-0.4, -0.2) is 51.4 Å². The quantitative estimate of drug-likeness (QED) is 0.677. The highest BCUT2D eigenvalue weighted by Gasteiger charge is 2.19. The SMILES string of the molecule is Cn1c(CN(CCO)CC2CCCN2)cc(=O)n(C)c1=O. The van der Waals surface area contributed by atoms with Gasteiger partial charge < -0.3 is 10.4 Å². The molecule has 7 heteroatoms. The Bertz CT molecular complexity index is 587. The fourth-order valence-electron chi connectivity index (χ4n) is 2.76. The molecule has 1 unspecified atom stereocenters. The monoisotopic (exact) mass is 296 g/mol. The summed E-state index contributed by atoms with van der Waals surface area (Å²) in [5.74, 6) is 0. The van der Waals surface area contributed by atoms with Crippen LogP contribution < -0.4 is 16.6 Å². The van der Waals surface area contributed by atoms with Crippen molar-refractivity contribution in [2.24, 2.45) is 14.1 Å². The van der Waals surface area contributed by atoms with Gasteiger partial charge in [-0.05, 0) is 19.4 Å². The fourth-order valence-corrected chi connectivity index (χ4v) is 2.76. The van der Waals surface area contributed by atoms with Gasteiger partial charge in [0.2, 0.25) is 0 Å². The first-order valence-corrected chi connectivity index (χ1v) is 7.35. The molecule has 1 aliphatic heterocycles. The van der Waals surface area contributed by atoms with Gasteiger partial charge in [-0.15, -0.1) is 0 Å². The highest BCUT2D eigenvalue weighted by atomic mass is 16.3. The van der Waals surface area contributed by atoms with Crippen molar-refractivity contribution in [3.63, 3.8) is 0 Å². The maximum atomic E-state index is 11.9. The summed E-state index contributed by atoms with van der Waals surface area (Å²) < 4.78 is 2.59. The maximum absolute atomic E-state index is 11.9. The molecule has 2 heterocycles. The molecule has 2 rings (SSSR count). The molecule has 1 atom stereocenters. The molecule has 0 aromatic carbocycles. The largest absolute Gasteiger partial charge is 0.395 e. The Balaban J connectivity index is 2.16. The summed E-state index contributed by atoms with van der Waals surface area (Å²) in [6.07, 6.45) is 2.29. The van der Waals surface area contributed by atoms with Gasteiger partial charge in [0, 0.05) is 51.5 Å². The number of aromatic nitrogens is 2. The average Bonchev–Trinajstić information content (AvgIpc) is 2.95. The van der Waals surface area contributed by atoms with E-state index >= 15 is 0 Å². The zero-order valence-corrected chi connectivity index (χ0v) is 12.7. The van der Waals surface area contributed by atoms with Crippen LogP contribution in [0.15, 0.2) is 15.7 Å². The Labute approximate surface area is 123 Å². The predicted octanol–water partition coefficient (Wildman–Crippen LogP) is -1.37. The number of nitrogens with zero attached hydrogens (tertiary/aromatic N) is 3. The highest BCUT2D eigenvalue weighted by molar-refractivity contribution is 5.02. The van der Waals surface area contributed by atoms with Crippen LogP contribution in [-0.2, 0) is 20.6 Å². The van der Waals surface area contributed by atoms with Gasteiger partial charge in [-0.2, -0.15) is 0 Å². The number of hydrogen-bond acceptors (Lipinski definition) is 5. The third-order valence-corrected chi connectivity index (χ3v) is 4.07. The van der Waals surface area contributed by atoms with Crippen molar-refractivity contribution in [3.05, 3.63) is 32.6 Å². The van der Waals surface area contributed by atoms with E-state index in [2.05, 4.69) is 10.2 Å². The molecule has 7 nitrogen and oxygen atoms in total. The Kier molecular flexibility index (Phi) is 5.33. The zero-order chi connectivity index (χ0) is 15.4. The smallest absolute Gasteiger partial charge is 0.330 e. The molecule has 1 aliphatic rings. The Morgan fingerprint density at radius 1 is 1.38 bits per heavy atom. The lowest BCUT2D eigenvalue weighted by Crippen LogP contribution is -2.42. The second-order valence-corrected chi connectivity index (χ2v) is 5.63. The molecule has 0 amide bonds. The van der Waals surface area contributed by atoms with Crippen molar-refractivity contribution in [2.75, 3.05) is 26.2 Å². The first kappa shape index (κ1) is 15.9. The van der Waals surface area contributed by atoms with E-state index in [1.807, 2.05) is 0 Å². The topological polar surface area (TPSA) is 79.5 Å². The summed E-state index contributed by atoms with van der Waals surface area (Å²) in [6.45, 7) is 2.92. The molecule has 2 N–H and O–H groups in total. The van der Waals surface area contributed by atoms with E-state index in [4.69, 9.17) is 0 Å². The van der Waals surface area contributed by atoms with Crippen LogP contribution in [0.4, 0.5) is 0 Å². The first-order valence-electron chi connectivity index (χ1n) is 7.35. The van der Waals surface area contributed by atoms with Crippen molar-refractivity contribution in [1.82, 2.24) is 19.4 Å². The van der Waals surface area contributed by atoms with Crippen LogP contribution in [0, 0.1) is 0 Å². The van der Waals surface area contributed by atoms with Gasteiger partial charge in [0.1, 0.15) is 0 Å². The molecule has 0 radical (unpaired) electrons. The van der Waals surface area contributed by atoms with E-state index in [1.165, 1.54) is 24.1 Å². The predicted molar refractivity (Wildman–Crippen MR) is 80.3 cm³/mol. The van der Waals surface area contributed by atoms with Crippen LogP contribution in [0.2, 0.25) is 0 Å². The fraction of sp³-hybridized carbons (Fsp3) is 0.714. The molecule has 1 aromatic heterocycles. The van der Waals surface area contributed by atoms with Gasteiger partial charge in [0.05, 0.1) is 6.61 Å². The summed E-state index contributed by atoms with van der Waals surface area (Å²) >= 11 is 0. The van der Waals surface area contributed by atoms with Crippen LogP contribution in [0.25, 0.3) is 0 Å². The molecule has 118 valence electrons. The molecule has 0 spiro atoms. The Hall–Kier alpha value is -1.44. The molecule has 0 aliphatic carbocycles. The van der Waals surface area contributed by atoms with E-state index in [0.29, 0.717) is 24.8 Å². The molecular formula is C14H24N4O3. The van der Waals surface area contributed by atoms with Crippen LogP contribution in [0.5, 0.6) is 0 Å². The first-order chi connectivity index (χ1) is 10.0. The molecule has 1 fully saturated rings. The molecule has 1 aromatic rings. The number of hydrogen-bond donors (Lipinski definition) is 2. The second-order valence-electron chi connectivity index (χ2n) is 5.63. The van der Waals surface area contributed by atoms with Crippen molar-refractivity contribution >= 4 is 0 Å². The van der Waals surface area contributed by atoms with Gasteiger partial charge >= 0.3 is 5.69 Å². The van der Waals surface area contributed by atoms with Crippen LogP contribution in [0.1, 0.15) is 18.5 Å². The molecule has 1 saturated heterocycles. The minimum Gasteiger partial charge on any atom is -0.395 e. The molecule has 0 saturated carbocycles. The van der Waals surface area contributed by atoms with Crippen LogP contribution in [0.3, 0.4) is 0 Å². The minimum atomic E-state index is -0.319. The second kappa shape index (κ2) is 7.02. The lowest BCUT2D eigenvalue weighted by Gasteiger charge is -2.25. The highest BCUT2D eigenvalue weighted by Crippen LogP contribution is 2.09. The molecule has 21 heavy (non-hydrogen) atoms. The number of aliphatic hydroxyl groups excluding tert-OH is 1. The van der Waals surface area contributed by atoms with Gasteiger partial charge in [-0.3, -0.25) is 18.8 Å². The van der Waals surface area contributed by atoms with E-state index in [-0.39, 0.29) is 17.9 Å². The lowest BCUT2D eigenvalue weighted by molar-refractivity contribution is 0.176. The summed E-state index contributed by atoms with van der Waals surface area (Å²) in [7, 11) is 3.14. The standard InChI is InChI=1S/C14H24N4O3/c1-16-12(8-13(20)17(2)14(16)21)10-18(6-7-19)9-11-4-3-5-15-11/h8,11,15,19H,3-7,9-10H2,1-2H3. The summed E-state index contributed by atoms with van der Waals surface area (Å²) in [6, 6.07) is 1.91. The maximum Gasteiger partial charge on any atom is 0.330 e. The lowest BCUT2D eigenvalue weighted by atomic mass is 10.2. The molecular weight excluding hydrogens is 272 g/mol. The van der Waals surface area contributed by atoms with Crippen molar-refractivity contribution in [1.29, 1.82) is 0 Å². The third kappa shape index (κ3) is 3.81. The van der Waals surface area contributed by atoms with E-state index < -0.39 is 0 Å². The Morgan fingerprint density at radius 2 is 2.14 bits per heavy atom. The van der Waals surface area contributed by atoms with Crippen molar-refractivity contribution in [2.45, 2.75) is 25.4 Å². The summed E-state index contributed by atoms with van der Waals surface area (Å²) in [4.78, 5) is 25.8. The summed E-state index contributed by atoms with van der Waals surface area (Å²) in [5.41, 5.74) is 0.0611. The van der Waals surface area contributed by atoms with E-state index in [0.717, 1.165) is 24.1 Å². The number of rotatable bonds is 6. The molecule has 0 bridgehead atoms.